The summed E-state index contributed by atoms with van der Waals surface area (Å²) in [5.41, 5.74) is 0.620. The number of thiazole rings is 1. The van der Waals surface area contributed by atoms with E-state index in [-0.39, 0.29) is 17.7 Å². The molecule has 0 N–H and O–H groups in total. The van der Waals surface area contributed by atoms with Gasteiger partial charge in [-0.15, -0.1) is 11.3 Å². The SMILES string of the molecule is O=C(c1ccc(Cl)cc1)N1CCCC(C(=O)N2CCN(c3nccs3)CC2)C1. The Labute approximate surface area is 173 Å². The van der Waals surface area contributed by atoms with Crippen molar-refractivity contribution in [1.29, 1.82) is 0 Å². The van der Waals surface area contributed by atoms with Crippen LogP contribution in [0.25, 0.3) is 0 Å². The van der Waals surface area contributed by atoms with Crippen LogP contribution in [0.3, 0.4) is 0 Å². The van der Waals surface area contributed by atoms with E-state index in [2.05, 4.69) is 9.88 Å². The molecule has 1 unspecified atom stereocenters. The molecular weight excluding hydrogens is 396 g/mol. The summed E-state index contributed by atoms with van der Waals surface area (Å²) in [5.74, 6) is 0.0339. The van der Waals surface area contributed by atoms with Gasteiger partial charge in [0.25, 0.3) is 5.91 Å². The standard InChI is InChI=1S/C20H23ClN4O2S/c21-17-5-3-15(4-6-17)18(26)25-8-1-2-16(14-25)19(27)23-9-11-24(12-10-23)20-22-7-13-28-20/h3-7,13,16H,1-2,8-12,14H2. The van der Waals surface area contributed by atoms with Gasteiger partial charge in [0.2, 0.25) is 5.91 Å². The maximum Gasteiger partial charge on any atom is 0.253 e. The van der Waals surface area contributed by atoms with E-state index in [9.17, 15) is 9.59 Å². The van der Waals surface area contributed by atoms with E-state index < -0.39 is 0 Å². The average Bonchev–Trinajstić information content (AvgIpc) is 3.28. The number of carbonyl (C=O) groups excluding carboxylic acids is 2. The summed E-state index contributed by atoms with van der Waals surface area (Å²) in [4.78, 5) is 36.1. The summed E-state index contributed by atoms with van der Waals surface area (Å²) in [6.45, 7) is 4.22. The summed E-state index contributed by atoms with van der Waals surface area (Å²) < 4.78 is 0. The minimum Gasteiger partial charge on any atom is -0.345 e. The van der Waals surface area contributed by atoms with Crippen LogP contribution in [0.1, 0.15) is 23.2 Å². The normalized spacial score (nSPS) is 20.3. The van der Waals surface area contributed by atoms with Crippen LogP contribution in [0.15, 0.2) is 35.8 Å². The molecule has 2 fully saturated rings. The van der Waals surface area contributed by atoms with Gasteiger partial charge in [-0.1, -0.05) is 11.6 Å². The van der Waals surface area contributed by atoms with Crippen LogP contribution in [-0.2, 0) is 4.79 Å². The molecule has 2 aliphatic rings. The summed E-state index contributed by atoms with van der Waals surface area (Å²) in [6.07, 6.45) is 3.51. The fourth-order valence-corrected chi connectivity index (χ4v) is 4.71. The number of aromatic nitrogens is 1. The molecular formula is C20H23ClN4O2S. The second-order valence-corrected chi connectivity index (χ2v) is 8.53. The molecule has 6 nitrogen and oxygen atoms in total. The zero-order valence-corrected chi connectivity index (χ0v) is 17.2. The van der Waals surface area contributed by atoms with E-state index in [1.807, 2.05) is 16.5 Å². The molecule has 1 aromatic heterocycles. The number of benzene rings is 1. The van der Waals surface area contributed by atoms with Gasteiger partial charge < -0.3 is 14.7 Å². The molecule has 8 heteroatoms. The number of nitrogens with zero attached hydrogens (tertiary/aromatic N) is 4. The highest BCUT2D eigenvalue weighted by molar-refractivity contribution is 7.13. The van der Waals surface area contributed by atoms with Crippen molar-refractivity contribution in [2.75, 3.05) is 44.2 Å². The Kier molecular flexibility index (Phi) is 5.82. The Morgan fingerprint density at radius 2 is 1.79 bits per heavy atom. The first-order chi connectivity index (χ1) is 13.6. The lowest BCUT2D eigenvalue weighted by Crippen LogP contribution is -2.53. The molecule has 2 aromatic rings. The third-order valence-corrected chi connectivity index (χ3v) is 6.51. The Balaban J connectivity index is 1.34. The van der Waals surface area contributed by atoms with Gasteiger partial charge in [-0.3, -0.25) is 9.59 Å². The predicted molar refractivity (Wildman–Crippen MR) is 111 cm³/mol. The zero-order valence-electron chi connectivity index (χ0n) is 15.6. The van der Waals surface area contributed by atoms with Crippen LogP contribution < -0.4 is 4.90 Å². The van der Waals surface area contributed by atoms with Gasteiger partial charge in [0.15, 0.2) is 5.13 Å². The Morgan fingerprint density at radius 1 is 1.04 bits per heavy atom. The summed E-state index contributed by atoms with van der Waals surface area (Å²) in [7, 11) is 0. The molecule has 1 aromatic carbocycles. The average molecular weight is 419 g/mol. The zero-order chi connectivity index (χ0) is 19.5. The highest BCUT2D eigenvalue weighted by Gasteiger charge is 2.33. The molecule has 3 heterocycles. The number of hydrogen-bond acceptors (Lipinski definition) is 5. The van der Waals surface area contributed by atoms with Gasteiger partial charge in [0.1, 0.15) is 0 Å². The van der Waals surface area contributed by atoms with E-state index in [0.717, 1.165) is 31.1 Å². The second kappa shape index (κ2) is 8.49. The van der Waals surface area contributed by atoms with Gasteiger partial charge in [0.05, 0.1) is 5.92 Å². The second-order valence-electron chi connectivity index (χ2n) is 7.22. The molecule has 1 atom stereocenters. The van der Waals surface area contributed by atoms with Crippen molar-refractivity contribution in [2.45, 2.75) is 12.8 Å². The van der Waals surface area contributed by atoms with Gasteiger partial charge in [-0.2, -0.15) is 0 Å². The van der Waals surface area contributed by atoms with Crippen LogP contribution >= 0.6 is 22.9 Å². The molecule has 4 rings (SSSR count). The van der Waals surface area contributed by atoms with E-state index >= 15 is 0 Å². The number of anilines is 1. The smallest absolute Gasteiger partial charge is 0.253 e. The number of carbonyl (C=O) groups is 2. The quantitative estimate of drug-likeness (QED) is 0.768. The van der Waals surface area contributed by atoms with Crippen molar-refractivity contribution >= 4 is 39.9 Å². The largest absolute Gasteiger partial charge is 0.345 e. The molecule has 0 radical (unpaired) electrons. The van der Waals surface area contributed by atoms with E-state index in [4.69, 9.17) is 11.6 Å². The fraction of sp³-hybridized carbons (Fsp3) is 0.450. The highest BCUT2D eigenvalue weighted by atomic mass is 35.5. The van der Waals surface area contributed by atoms with Gasteiger partial charge in [-0.25, -0.2) is 4.98 Å². The number of hydrogen-bond donors (Lipinski definition) is 0. The minimum atomic E-state index is -0.114. The summed E-state index contributed by atoms with van der Waals surface area (Å²) in [5, 5.41) is 3.60. The van der Waals surface area contributed by atoms with Crippen molar-refractivity contribution in [3.05, 3.63) is 46.4 Å². The predicted octanol–water partition coefficient (Wildman–Crippen LogP) is 3.00. The maximum absolute atomic E-state index is 13.0. The number of piperazine rings is 1. The number of amides is 2. The summed E-state index contributed by atoms with van der Waals surface area (Å²) >= 11 is 7.54. The Hall–Kier alpha value is -2.12. The van der Waals surface area contributed by atoms with Crippen molar-refractivity contribution in [2.24, 2.45) is 5.92 Å². The van der Waals surface area contributed by atoms with Crippen LogP contribution in [-0.4, -0.2) is 65.9 Å². The highest BCUT2D eigenvalue weighted by Crippen LogP contribution is 2.24. The lowest BCUT2D eigenvalue weighted by atomic mass is 9.95. The molecule has 2 saturated heterocycles. The van der Waals surface area contributed by atoms with E-state index in [1.54, 1.807) is 40.5 Å². The molecule has 148 valence electrons. The Bertz CT molecular complexity index is 819. The molecule has 2 aliphatic heterocycles. The fourth-order valence-electron chi connectivity index (χ4n) is 3.89. The van der Waals surface area contributed by atoms with Crippen molar-refractivity contribution < 1.29 is 9.59 Å². The third kappa shape index (κ3) is 4.15. The lowest BCUT2D eigenvalue weighted by Gasteiger charge is -2.39. The topological polar surface area (TPSA) is 56.8 Å². The number of halogens is 1. The van der Waals surface area contributed by atoms with Gasteiger partial charge in [0, 0.05) is 61.4 Å². The number of piperidine rings is 1. The van der Waals surface area contributed by atoms with E-state index in [1.165, 1.54) is 0 Å². The first-order valence-electron chi connectivity index (χ1n) is 9.60. The molecule has 0 spiro atoms. The van der Waals surface area contributed by atoms with Crippen molar-refractivity contribution in [3.8, 4) is 0 Å². The molecule has 0 bridgehead atoms. The van der Waals surface area contributed by atoms with Crippen LogP contribution in [0.4, 0.5) is 5.13 Å². The maximum atomic E-state index is 13.0. The number of likely N-dealkylation sites (tertiary alicyclic amines) is 1. The van der Waals surface area contributed by atoms with Crippen LogP contribution in [0, 0.1) is 5.92 Å². The summed E-state index contributed by atoms with van der Waals surface area (Å²) in [6, 6.07) is 6.94. The van der Waals surface area contributed by atoms with Crippen LogP contribution in [0.2, 0.25) is 5.02 Å². The van der Waals surface area contributed by atoms with Crippen molar-refractivity contribution in [1.82, 2.24) is 14.8 Å². The Morgan fingerprint density at radius 3 is 2.46 bits per heavy atom. The van der Waals surface area contributed by atoms with Crippen LogP contribution in [0.5, 0.6) is 0 Å². The molecule has 0 saturated carbocycles. The molecule has 0 aliphatic carbocycles. The molecule has 2 amide bonds. The third-order valence-electron chi connectivity index (χ3n) is 5.43. The molecule has 28 heavy (non-hydrogen) atoms. The van der Waals surface area contributed by atoms with Crippen molar-refractivity contribution in [3.63, 3.8) is 0 Å². The van der Waals surface area contributed by atoms with Gasteiger partial charge >= 0.3 is 0 Å². The number of rotatable bonds is 3. The van der Waals surface area contributed by atoms with Gasteiger partial charge in [-0.05, 0) is 37.1 Å². The first-order valence-corrected chi connectivity index (χ1v) is 10.9. The lowest BCUT2D eigenvalue weighted by molar-refractivity contribution is -0.137. The minimum absolute atomic E-state index is 0.0252. The monoisotopic (exact) mass is 418 g/mol. The first kappa shape index (κ1) is 19.2. The van der Waals surface area contributed by atoms with E-state index in [0.29, 0.717) is 36.8 Å².